The van der Waals surface area contributed by atoms with Gasteiger partial charge in [-0.05, 0) is 11.6 Å². The van der Waals surface area contributed by atoms with E-state index in [-0.39, 0.29) is 6.54 Å². The summed E-state index contributed by atoms with van der Waals surface area (Å²) in [6, 6.07) is 13.8. The van der Waals surface area contributed by atoms with Gasteiger partial charge in [0.15, 0.2) is 0 Å². The summed E-state index contributed by atoms with van der Waals surface area (Å²) in [5, 5.41) is 5.03. The number of amides is 3. The molecular formula is C17H18FN3O2. The monoisotopic (exact) mass is 315 g/mol. The van der Waals surface area contributed by atoms with Crippen LogP contribution in [0.3, 0.4) is 0 Å². The highest BCUT2D eigenvalue weighted by atomic mass is 19.1. The maximum absolute atomic E-state index is 13.6. The largest absolute Gasteiger partial charge is 0.352 e. The molecule has 3 amide bonds. The lowest BCUT2D eigenvalue weighted by molar-refractivity contribution is -0.123. The zero-order chi connectivity index (χ0) is 16.7. The number of nitrogens with two attached hydrogens (primary N) is 1. The Morgan fingerprint density at radius 2 is 1.70 bits per heavy atom. The van der Waals surface area contributed by atoms with E-state index >= 15 is 0 Å². The van der Waals surface area contributed by atoms with E-state index < -0.39 is 23.8 Å². The van der Waals surface area contributed by atoms with Gasteiger partial charge in [0.05, 0.1) is 0 Å². The number of carbonyl (C=O) groups is 2. The van der Waals surface area contributed by atoms with Crippen molar-refractivity contribution in [1.82, 2.24) is 10.6 Å². The van der Waals surface area contributed by atoms with Crippen molar-refractivity contribution >= 4 is 11.9 Å². The van der Waals surface area contributed by atoms with Gasteiger partial charge in [0, 0.05) is 18.5 Å². The van der Waals surface area contributed by atoms with Crippen LogP contribution in [-0.4, -0.2) is 18.0 Å². The van der Waals surface area contributed by atoms with Crippen molar-refractivity contribution < 1.29 is 14.0 Å². The molecule has 0 unspecified atom stereocenters. The third-order valence-electron chi connectivity index (χ3n) is 3.33. The first-order valence-electron chi connectivity index (χ1n) is 7.17. The highest BCUT2D eigenvalue weighted by molar-refractivity contribution is 5.86. The zero-order valence-corrected chi connectivity index (χ0v) is 12.5. The van der Waals surface area contributed by atoms with Crippen LogP contribution in [-0.2, 0) is 17.8 Å². The molecule has 0 bridgehead atoms. The molecule has 0 radical (unpaired) electrons. The number of urea groups is 1. The predicted molar refractivity (Wildman–Crippen MR) is 84.9 cm³/mol. The van der Waals surface area contributed by atoms with E-state index in [2.05, 4.69) is 10.6 Å². The Labute approximate surface area is 133 Å². The van der Waals surface area contributed by atoms with Crippen LogP contribution < -0.4 is 16.4 Å². The molecule has 0 saturated heterocycles. The maximum Gasteiger partial charge on any atom is 0.312 e. The molecule has 120 valence electrons. The predicted octanol–water partition coefficient (Wildman–Crippen LogP) is 1.72. The molecule has 0 aliphatic rings. The molecule has 2 rings (SSSR count). The molecule has 0 aromatic heterocycles. The lowest BCUT2D eigenvalue weighted by Gasteiger charge is -2.17. The van der Waals surface area contributed by atoms with Crippen molar-refractivity contribution in [3.8, 4) is 0 Å². The minimum absolute atomic E-state index is 0.0389. The number of primary amides is 1. The van der Waals surface area contributed by atoms with Crippen molar-refractivity contribution in [1.29, 1.82) is 0 Å². The van der Waals surface area contributed by atoms with Crippen LogP contribution in [0.4, 0.5) is 9.18 Å². The second-order valence-electron chi connectivity index (χ2n) is 5.06. The molecule has 0 saturated carbocycles. The molecule has 0 aliphatic heterocycles. The first-order chi connectivity index (χ1) is 11.1. The van der Waals surface area contributed by atoms with Crippen LogP contribution >= 0.6 is 0 Å². The standard InChI is InChI=1S/C17H18FN3O2/c18-14-9-5-4-8-13(14)11-20-16(22)15(21-17(19)23)10-12-6-2-1-3-7-12/h1-9,15H,10-11H2,(H,20,22)(H3,19,21,23)/t15-/m1/s1. The Morgan fingerprint density at radius 3 is 2.35 bits per heavy atom. The van der Waals surface area contributed by atoms with Gasteiger partial charge in [-0.15, -0.1) is 0 Å². The summed E-state index contributed by atoms with van der Waals surface area (Å²) in [5.74, 6) is -0.814. The Morgan fingerprint density at radius 1 is 1.04 bits per heavy atom. The highest BCUT2D eigenvalue weighted by Gasteiger charge is 2.20. The highest BCUT2D eigenvalue weighted by Crippen LogP contribution is 2.07. The Balaban J connectivity index is 2.01. The average molecular weight is 315 g/mol. The van der Waals surface area contributed by atoms with Crippen LogP contribution in [0.1, 0.15) is 11.1 Å². The molecule has 0 heterocycles. The first kappa shape index (κ1) is 16.5. The normalized spacial score (nSPS) is 11.5. The Bertz CT molecular complexity index is 677. The lowest BCUT2D eigenvalue weighted by atomic mass is 10.1. The van der Waals surface area contributed by atoms with E-state index in [1.165, 1.54) is 6.07 Å². The summed E-state index contributed by atoms with van der Waals surface area (Å²) >= 11 is 0. The summed E-state index contributed by atoms with van der Waals surface area (Å²) in [6.45, 7) is 0.0389. The first-order valence-corrected chi connectivity index (χ1v) is 7.17. The molecule has 2 aromatic carbocycles. The molecule has 5 nitrogen and oxygen atoms in total. The van der Waals surface area contributed by atoms with Gasteiger partial charge in [-0.2, -0.15) is 0 Å². The number of nitrogens with one attached hydrogen (secondary N) is 2. The molecule has 0 aliphatic carbocycles. The number of hydrogen-bond acceptors (Lipinski definition) is 2. The van der Waals surface area contributed by atoms with Crippen molar-refractivity contribution in [2.75, 3.05) is 0 Å². The molecule has 4 N–H and O–H groups in total. The third-order valence-corrected chi connectivity index (χ3v) is 3.33. The van der Waals surface area contributed by atoms with Gasteiger partial charge in [0.1, 0.15) is 11.9 Å². The summed E-state index contributed by atoms with van der Waals surface area (Å²) in [4.78, 5) is 23.4. The summed E-state index contributed by atoms with van der Waals surface area (Å²) in [5.41, 5.74) is 6.38. The molecular weight excluding hydrogens is 297 g/mol. The Kier molecular flexibility index (Phi) is 5.68. The van der Waals surface area contributed by atoms with E-state index in [1.807, 2.05) is 30.3 Å². The van der Waals surface area contributed by atoms with Crippen molar-refractivity contribution in [2.45, 2.75) is 19.0 Å². The van der Waals surface area contributed by atoms with Gasteiger partial charge in [-0.1, -0.05) is 48.5 Å². The minimum atomic E-state index is -0.818. The molecule has 0 spiro atoms. The number of rotatable bonds is 6. The van der Waals surface area contributed by atoms with Crippen LogP contribution in [0.5, 0.6) is 0 Å². The van der Waals surface area contributed by atoms with Crippen LogP contribution in [0.15, 0.2) is 54.6 Å². The summed E-state index contributed by atoms with van der Waals surface area (Å²) < 4.78 is 13.6. The van der Waals surface area contributed by atoms with Gasteiger partial charge in [0.2, 0.25) is 5.91 Å². The fourth-order valence-electron chi connectivity index (χ4n) is 2.18. The van der Waals surface area contributed by atoms with Gasteiger partial charge < -0.3 is 16.4 Å². The second-order valence-corrected chi connectivity index (χ2v) is 5.06. The maximum atomic E-state index is 13.6. The smallest absolute Gasteiger partial charge is 0.312 e. The molecule has 0 fully saturated rings. The summed E-state index contributed by atoms with van der Waals surface area (Å²) in [7, 11) is 0. The minimum Gasteiger partial charge on any atom is -0.352 e. The number of benzene rings is 2. The van der Waals surface area contributed by atoms with E-state index in [1.54, 1.807) is 18.2 Å². The number of carbonyl (C=O) groups excluding carboxylic acids is 2. The SMILES string of the molecule is NC(=O)N[C@H](Cc1ccccc1)C(=O)NCc1ccccc1F. The fourth-order valence-corrected chi connectivity index (χ4v) is 2.18. The molecule has 23 heavy (non-hydrogen) atoms. The number of halogens is 1. The quantitative estimate of drug-likeness (QED) is 0.758. The van der Waals surface area contributed by atoms with Crippen molar-refractivity contribution in [3.05, 3.63) is 71.5 Å². The van der Waals surface area contributed by atoms with Gasteiger partial charge in [0.25, 0.3) is 0 Å². The van der Waals surface area contributed by atoms with Gasteiger partial charge >= 0.3 is 6.03 Å². The van der Waals surface area contributed by atoms with Crippen LogP contribution in [0, 0.1) is 5.82 Å². The van der Waals surface area contributed by atoms with E-state index in [0.29, 0.717) is 12.0 Å². The second kappa shape index (κ2) is 7.93. The fraction of sp³-hybridized carbons (Fsp3) is 0.176. The van der Waals surface area contributed by atoms with Crippen LogP contribution in [0.25, 0.3) is 0 Å². The van der Waals surface area contributed by atoms with Crippen LogP contribution in [0.2, 0.25) is 0 Å². The lowest BCUT2D eigenvalue weighted by Crippen LogP contribution is -2.49. The topological polar surface area (TPSA) is 84.2 Å². The van der Waals surface area contributed by atoms with E-state index in [4.69, 9.17) is 5.73 Å². The van der Waals surface area contributed by atoms with E-state index in [0.717, 1.165) is 5.56 Å². The zero-order valence-electron chi connectivity index (χ0n) is 12.5. The van der Waals surface area contributed by atoms with Gasteiger partial charge in [-0.25, -0.2) is 9.18 Å². The molecule has 6 heteroatoms. The van der Waals surface area contributed by atoms with Gasteiger partial charge in [-0.3, -0.25) is 4.79 Å². The average Bonchev–Trinajstić information content (AvgIpc) is 2.54. The van der Waals surface area contributed by atoms with Crippen molar-refractivity contribution in [2.24, 2.45) is 5.73 Å². The summed E-state index contributed by atoms with van der Waals surface area (Å²) in [6.07, 6.45) is 0.298. The Hall–Kier alpha value is -2.89. The number of hydrogen-bond donors (Lipinski definition) is 3. The third kappa shape index (κ3) is 5.10. The van der Waals surface area contributed by atoms with E-state index in [9.17, 15) is 14.0 Å². The van der Waals surface area contributed by atoms with Crippen molar-refractivity contribution in [3.63, 3.8) is 0 Å². The molecule has 2 aromatic rings. The molecule has 1 atom stereocenters.